The summed E-state index contributed by atoms with van der Waals surface area (Å²) in [6.07, 6.45) is 6.35. The Kier molecular flexibility index (Phi) is 10.9. The van der Waals surface area contributed by atoms with Crippen LogP contribution in [-0.2, 0) is 32.6 Å². The van der Waals surface area contributed by atoms with Crippen molar-refractivity contribution in [2.45, 2.75) is 64.1 Å². The summed E-state index contributed by atoms with van der Waals surface area (Å²) >= 11 is 12.3. The maximum absolute atomic E-state index is 14.2. The molecular weight excluding hydrogens is 593 g/mol. The van der Waals surface area contributed by atoms with E-state index in [0.717, 1.165) is 59.4 Å². The molecule has 1 saturated carbocycles. The molecule has 7 nitrogen and oxygen atoms in total. The van der Waals surface area contributed by atoms with Crippen LogP contribution in [0.15, 0.2) is 72.8 Å². The number of rotatable bonds is 11. The summed E-state index contributed by atoms with van der Waals surface area (Å²) in [4.78, 5) is 29.7. The number of sulfonamides is 1. The van der Waals surface area contributed by atoms with Gasteiger partial charge in [0, 0.05) is 19.0 Å². The first kappa shape index (κ1) is 31.9. The SMILES string of the molecule is Cc1ccc(CN(C(=O)CN(c2ccc(Cl)c(Cl)c2)S(C)(=O)=O)[C@@H](Cc2ccccc2)C(=O)NC2CCCCC2)cc1. The maximum Gasteiger partial charge on any atom is 0.244 e. The molecule has 0 saturated heterocycles. The zero-order chi connectivity index (χ0) is 30.3. The van der Waals surface area contributed by atoms with E-state index in [4.69, 9.17) is 23.2 Å². The first-order valence-electron chi connectivity index (χ1n) is 14.1. The second kappa shape index (κ2) is 14.4. The average Bonchev–Trinajstić information content (AvgIpc) is 2.96. The lowest BCUT2D eigenvalue weighted by atomic mass is 9.94. The maximum atomic E-state index is 14.2. The Bertz CT molecular complexity index is 1480. The van der Waals surface area contributed by atoms with Gasteiger partial charge >= 0.3 is 0 Å². The van der Waals surface area contributed by atoms with Crippen molar-refractivity contribution in [2.24, 2.45) is 0 Å². The normalized spacial score (nSPS) is 14.7. The van der Waals surface area contributed by atoms with Crippen molar-refractivity contribution < 1.29 is 18.0 Å². The van der Waals surface area contributed by atoms with Gasteiger partial charge in [-0.05, 0) is 49.1 Å². The van der Waals surface area contributed by atoms with Crippen LogP contribution in [0.2, 0.25) is 10.0 Å². The molecule has 0 bridgehead atoms. The van der Waals surface area contributed by atoms with E-state index in [1.807, 2.05) is 61.5 Å². The van der Waals surface area contributed by atoms with Gasteiger partial charge in [0.1, 0.15) is 12.6 Å². The summed E-state index contributed by atoms with van der Waals surface area (Å²) in [6, 6.07) is 20.9. The molecule has 0 radical (unpaired) electrons. The number of hydrogen-bond acceptors (Lipinski definition) is 4. The molecular formula is C32H37Cl2N3O4S. The lowest BCUT2D eigenvalue weighted by Gasteiger charge is -2.35. The van der Waals surface area contributed by atoms with Crippen molar-refractivity contribution in [3.63, 3.8) is 0 Å². The van der Waals surface area contributed by atoms with Crippen LogP contribution in [0.3, 0.4) is 0 Å². The number of nitrogens with one attached hydrogen (secondary N) is 1. The van der Waals surface area contributed by atoms with Gasteiger partial charge in [-0.3, -0.25) is 13.9 Å². The fourth-order valence-corrected chi connectivity index (χ4v) is 6.38. The highest BCUT2D eigenvalue weighted by molar-refractivity contribution is 7.92. The van der Waals surface area contributed by atoms with Crippen LogP contribution in [0.1, 0.15) is 48.8 Å². The first-order valence-corrected chi connectivity index (χ1v) is 16.7. The molecule has 4 rings (SSSR count). The zero-order valence-corrected chi connectivity index (χ0v) is 26.3. The number of carbonyl (C=O) groups is 2. The van der Waals surface area contributed by atoms with Crippen LogP contribution in [-0.4, -0.2) is 50.0 Å². The number of anilines is 1. The lowest BCUT2D eigenvalue weighted by molar-refractivity contribution is -0.140. The van der Waals surface area contributed by atoms with Gasteiger partial charge in [0.05, 0.1) is 22.0 Å². The minimum absolute atomic E-state index is 0.0459. The Morgan fingerprint density at radius 3 is 2.19 bits per heavy atom. The molecule has 2 amide bonds. The fourth-order valence-electron chi connectivity index (χ4n) is 5.24. The van der Waals surface area contributed by atoms with Gasteiger partial charge in [0.25, 0.3) is 0 Å². The van der Waals surface area contributed by atoms with Crippen molar-refractivity contribution in [1.29, 1.82) is 0 Å². The highest BCUT2D eigenvalue weighted by atomic mass is 35.5. The molecule has 224 valence electrons. The molecule has 0 spiro atoms. The van der Waals surface area contributed by atoms with E-state index in [9.17, 15) is 18.0 Å². The molecule has 0 aliphatic heterocycles. The van der Waals surface area contributed by atoms with E-state index in [0.29, 0.717) is 0 Å². The third-order valence-corrected chi connectivity index (χ3v) is 9.45. The topological polar surface area (TPSA) is 86.8 Å². The Balaban J connectivity index is 1.72. The summed E-state index contributed by atoms with van der Waals surface area (Å²) < 4.78 is 26.9. The van der Waals surface area contributed by atoms with Crippen LogP contribution >= 0.6 is 23.2 Å². The van der Waals surface area contributed by atoms with E-state index in [1.165, 1.54) is 23.1 Å². The van der Waals surface area contributed by atoms with Crippen molar-refractivity contribution >= 4 is 50.7 Å². The summed E-state index contributed by atoms with van der Waals surface area (Å²) in [7, 11) is -3.90. The van der Waals surface area contributed by atoms with E-state index >= 15 is 0 Å². The van der Waals surface area contributed by atoms with Crippen LogP contribution in [0.25, 0.3) is 0 Å². The van der Waals surface area contributed by atoms with E-state index < -0.39 is 28.5 Å². The van der Waals surface area contributed by atoms with Crippen molar-refractivity contribution in [2.75, 3.05) is 17.1 Å². The monoisotopic (exact) mass is 629 g/mol. The van der Waals surface area contributed by atoms with Gasteiger partial charge in [-0.2, -0.15) is 0 Å². The van der Waals surface area contributed by atoms with Gasteiger partial charge in [-0.25, -0.2) is 8.42 Å². The van der Waals surface area contributed by atoms with Crippen LogP contribution in [0.5, 0.6) is 0 Å². The molecule has 1 aliphatic rings. The molecule has 1 N–H and O–H groups in total. The molecule has 3 aromatic carbocycles. The largest absolute Gasteiger partial charge is 0.352 e. The van der Waals surface area contributed by atoms with E-state index in [2.05, 4.69) is 5.32 Å². The van der Waals surface area contributed by atoms with Gasteiger partial charge in [0.2, 0.25) is 21.8 Å². The Labute approximate surface area is 258 Å². The standard InChI is InChI=1S/C32H37Cl2N3O4S/c1-23-13-15-25(16-14-23)21-36(31(38)22-37(42(2,40)41)27-17-18-28(33)29(34)20-27)30(19-24-9-5-3-6-10-24)32(39)35-26-11-7-4-8-12-26/h3,5-6,9-10,13-18,20,26,30H,4,7-8,11-12,19,21-22H2,1-2H3,(H,35,39)/t30-/m0/s1. The zero-order valence-electron chi connectivity index (χ0n) is 23.9. The molecule has 10 heteroatoms. The summed E-state index contributed by atoms with van der Waals surface area (Å²) in [5.41, 5.74) is 3.00. The second-order valence-electron chi connectivity index (χ2n) is 10.9. The molecule has 1 atom stereocenters. The summed E-state index contributed by atoms with van der Waals surface area (Å²) in [5, 5.41) is 3.64. The number of nitrogens with zero attached hydrogens (tertiary/aromatic N) is 2. The minimum Gasteiger partial charge on any atom is -0.352 e. The molecule has 42 heavy (non-hydrogen) atoms. The smallest absolute Gasteiger partial charge is 0.244 e. The van der Waals surface area contributed by atoms with E-state index in [-0.39, 0.29) is 40.6 Å². The van der Waals surface area contributed by atoms with Crippen LogP contribution in [0.4, 0.5) is 5.69 Å². The Morgan fingerprint density at radius 1 is 0.905 bits per heavy atom. The number of aryl methyl sites for hydroxylation is 1. The first-order chi connectivity index (χ1) is 20.0. The summed E-state index contributed by atoms with van der Waals surface area (Å²) in [5.74, 6) is -0.751. The van der Waals surface area contributed by atoms with Crippen LogP contribution < -0.4 is 9.62 Å². The third-order valence-electron chi connectivity index (χ3n) is 7.57. The van der Waals surface area contributed by atoms with Gasteiger partial charge in [-0.15, -0.1) is 0 Å². The van der Waals surface area contributed by atoms with Gasteiger partial charge in [0.15, 0.2) is 0 Å². The number of benzene rings is 3. The second-order valence-corrected chi connectivity index (χ2v) is 13.6. The quantitative estimate of drug-likeness (QED) is 0.275. The van der Waals surface area contributed by atoms with Crippen LogP contribution in [0, 0.1) is 6.92 Å². The van der Waals surface area contributed by atoms with Gasteiger partial charge < -0.3 is 10.2 Å². The fraction of sp³-hybridized carbons (Fsp3) is 0.375. The highest BCUT2D eigenvalue weighted by Crippen LogP contribution is 2.29. The molecule has 0 unspecified atom stereocenters. The molecule has 0 aromatic heterocycles. The van der Waals surface area contributed by atoms with Crippen molar-refractivity contribution in [1.82, 2.24) is 10.2 Å². The van der Waals surface area contributed by atoms with Gasteiger partial charge in [-0.1, -0.05) is 103 Å². The highest BCUT2D eigenvalue weighted by Gasteiger charge is 2.34. The lowest BCUT2D eigenvalue weighted by Crippen LogP contribution is -2.55. The van der Waals surface area contributed by atoms with Crippen molar-refractivity contribution in [3.8, 4) is 0 Å². The van der Waals surface area contributed by atoms with E-state index in [1.54, 1.807) is 0 Å². The third kappa shape index (κ3) is 8.72. The summed E-state index contributed by atoms with van der Waals surface area (Å²) in [6.45, 7) is 1.60. The molecule has 0 heterocycles. The van der Waals surface area contributed by atoms with Crippen molar-refractivity contribution in [3.05, 3.63) is 99.5 Å². The minimum atomic E-state index is -3.90. The number of hydrogen-bond donors (Lipinski definition) is 1. The predicted molar refractivity (Wildman–Crippen MR) is 169 cm³/mol. The number of carbonyl (C=O) groups excluding carboxylic acids is 2. The molecule has 1 aliphatic carbocycles. The molecule has 3 aromatic rings. The Hall–Kier alpha value is -3.07. The number of halogens is 2. The molecule has 1 fully saturated rings. The predicted octanol–water partition coefficient (Wildman–Crippen LogP) is 6.16. The average molecular weight is 631 g/mol. The number of amides is 2. The Morgan fingerprint density at radius 2 is 1.57 bits per heavy atom.